The van der Waals surface area contributed by atoms with Gasteiger partial charge >= 0.3 is 0 Å². The summed E-state index contributed by atoms with van der Waals surface area (Å²) >= 11 is 2.16. The SMILES string of the molecule is Cc1ccc2c(F)ccc(I)c2n1. The molecule has 0 atom stereocenters. The highest BCUT2D eigenvalue weighted by molar-refractivity contribution is 14.1. The first-order valence-electron chi connectivity index (χ1n) is 3.90. The van der Waals surface area contributed by atoms with Crippen LogP contribution in [0.15, 0.2) is 24.3 Å². The molecule has 0 aliphatic rings. The average Bonchev–Trinajstić information content (AvgIpc) is 2.12. The van der Waals surface area contributed by atoms with Gasteiger partial charge in [-0.25, -0.2) is 4.39 Å². The lowest BCUT2D eigenvalue weighted by Gasteiger charge is -2.01. The number of nitrogens with zero attached hydrogens (tertiary/aromatic N) is 1. The van der Waals surface area contributed by atoms with Crippen LogP contribution in [-0.4, -0.2) is 4.98 Å². The maximum Gasteiger partial charge on any atom is 0.132 e. The van der Waals surface area contributed by atoms with E-state index >= 15 is 0 Å². The van der Waals surface area contributed by atoms with Crippen LogP contribution in [0.2, 0.25) is 0 Å². The summed E-state index contributed by atoms with van der Waals surface area (Å²) in [5, 5.41) is 0.595. The minimum atomic E-state index is -0.206. The Labute approximate surface area is 89.1 Å². The van der Waals surface area contributed by atoms with E-state index in [1.165, 1.54) is 6.07 Å². The molecule has 66 valence electrons. The highest BCUT2D eigenvalue weighted by Crippen LogP contribution is 2.21. The van der Waals surface area contributed by atoms with E-state index in [0.717, 1.165) is 14.8 Å². The van der Waals surface area contributed by atoms with Crippen LogP contribution in [0.4, 0.5) is 4.39 Å². The molecule has 0 bridgehead atoms. The standard InChI is InChI=1S/C10H7FIN/c1-6-2-3-7-8(11)4-5-9(12)10(7)13-6/h2-5H,1H3. The van der Waals surface area contributed by atoms with Gasteiger partial charge in [-0.05, 0) is 53.8 Å². The number of pyridine rings is 1. The molecule has 0 amide bonds. The summed E-state index contributed by atoms with van der Waals surface area (Å²) in [6.07, 6.45) is 0. The number of fused-ring (bicyclic) bond motifs is 1. The molecule has 0 aliphatic heterocycles. The maximum absolute atomic E-state index is 13.3. The zero-order chi connectivity index (χ0) is 9.42. The van der Waals surface area contributed by atoms with Gasteiger partial charge in [0.05, 0.1) is 5.52 Å². The van der Waals surface area contributed by atoms with Crippen molar-refractivity contribution in [2.45, 2.75) is 6.92 Å². The van der Waals surface area contributed by atoms with Gasteiger partial charge in [0.2, 0.25) is 0 Å². The molecule has 0 aliphatic carbocycles. The second-order valence-corrected chi connectivity index (χ2v) is 4.04. The third-order valence-electron chi connectivity index (χ3n) is 1.89. The Bertz CT molecular complexity index is 468. The highest BCUT2D eigenvalue weighted by atomic mass is 127. The number of rotatable bonds is 0. The Morgan fingerprint density at radius 2 is 2.00 bits per heavy atom. The molecule has 2 rings (SSSR count). The summed E-state index contributed by atoms with van der Waals surface area (Å²) in [5.41, 5.74) is 1.66. The van der Waals surface area contributed by atoms with E-state index in [2.05, 4.69) is 27.6 Å². The highest BCUT2D eigenvalue weighted by Gasteiger charge is 2.04. The Kier molecular flexibility index (Phi) is 2.19. The molecular formula is C10H7FIN. The van der Waals surface area contributed by atoms with Gasteiger partial charge < -0.3 is 0 Å². The van der Waals surface area contributed by atoms with E-state index in [1.807, 2.05) is 13.0 Å². The van der Waals surface area contributed by atoms with Gasteiger partial charge in [0, 0.05) is 14.7 Å². The van der Waals surface area contributed by atoms with Gasteiger partial charge in [0.1, 0.15) is 5.82 Å². The van der Waals surface area contributed by atoms with Crippen LogP contribution in [0.1, 0.15) is 5.69 Å². The third kappa shape index (κ3) is 1.52. The molecule has 3 heteroatoms. The molecule has 1 aromatic carbocycles. The molecule has 0 unspecified atom stereocenters. The van der Waals surface area contributed by atoms with Gasteiger partial charge in [0.25, 0.3) is 0 Å². The molecule has 0 N–H and O–H groups in total. The van der Waals surface area contributed by atoms with Gasteiger partial charge in [-0.1, -0.05) is 0 Å². The van der Waals surface area contributed by atoms with Gasteiger partial charge in [0.15, 0.2) is 0 Å². The van der Waals surface area contributed by atoms with Gasteiger partial charge in [-0.2, -0.15) is 0 Å². The lowest BCUT2D eigenvalue weighted by atomic mass is 10.2. The van der Waals surface area contributed by atoms with Crippen molar-refractivity contribution in [3.05, 3.63) is 39.3 Å². The Morgan fingerprint density at radius 3 is 2.77 bits per heavy atom. The Balaban J connectivity index is 2.92. The first-order chi connectivity index (χ1) is 6.18. The van der Waals surface area contributed by atoms with Crippen molar-refractivity contribution in [1.29, 1.82) is 0 Å². The van der Waals surface area contributed by atoms with E-state index in [9.17, 15) is 4.39 Å². The summed E-state index contributed by atoms with van der Waals surface area (Å²) in [6.45, 7) is 1.90. The van der Waals surface area contributed by atoms with E-state index in [-0.39, 0.29) is 5.82 Å². The number of halogens is 2. The largest absolute Gasteiger partial charge is 0.252 e. The molecule has 2 aromatic rings. The first kappa shape index (κ1) is 8.87. The predicted octanol–water partition coefficient (Wildman–Crippen LogP) is 3.29. The smallest absolute Gasteiger partial charge is 0.132 e. The van der Waals surface area contributed by atoms with E-state index in [1.54, 1.807) is 12.1 Å². The lowest BCUT2D eigenvalue weighted by Crippen LogP contribution is -1.88. The van der Waals surface area contributed by atoms with Crippen LogP contribution < -0.4 is 0 Å². The van der Waals surface area contributed by atoms with Gasteiger partial charge in [-0.15, -0.1) is 0 Å². The predicted molar refractivity (Wildman–Crippen MR) is 59.2 cm³/mol. The lowest BCUT2D eigenvalue weighted by molar-refractivity contribution is 0.639. The molecule has 1 heterocycles. The summed E-state index contributed by atoms with van der Waals surface area (Å²) < 4.78 is 14.2. The molecule has 0 saturated carbocycles. The number of aromatic nitrogens is 1. The summed E-state index contributed by atoms with van der Waals surface area (Å²) in [7, 11) is 0. The van der Waals surface area contributed by atoms with Crippen LogP contribution in [0, 0.1) is 16.3 Å². The monoisotopic (exact) mass is 287 g/mol. The first-order valence-corrected chi connectivity index (χ1v) is 4.98. The Morgan fingerprint density at radius 1 is 1.23 bits per heavy atom. The average molecular weight is 287 g/mol. The fraction of sp³-hybridized carbons (Fsp3) is 0.100. The summed E-state index contributed by atoms with van der Waals surface area (Å²) in [6, 6.07) is 6.81. The fourth-order valence-electron chi connectivity index (χ4n) is 1.25. The van der Waals surface area contributed by atoms with Crippen molar-refractivity contribution in [3.63, 3.8) is 0 Å². The van der Waals surface area contributed by atoms with Crippen molar-refractivity contribution in [3.8, 4) is 0 Å². The minimum Gasteiger partial charge on any atom is -0.252 e. The van der Waals surface area contributed by atoms with Crippen molar-refractivity contribution in [2.24, 2.45) is 0 Å². The molecule has 0 spiro atoms. The van der Waals surface area contributed by atoms with Crippen molar-refractivity contribution in [2.75, 3.05) is 0 Å². The van der Waals surface area contributed by atoms with Crippen LogP contribution >= 0.6 is 22.6 Å². The van der Waals surface area contributed by atoms with Crippen LogP contribution in [0.5, 0.6) is 0 Å². The second kappa shape index (κ2) is 3.21. The van der Waals surface area contributed by atoms with Crippen LogP contribution in [-0.2, 0) is 0 Å². The molecule has 0 fully saturated rings. The molecule has 1 nitrogen and oxygen atoms in total. The zero-order valence-corrected chi connectivity index (χ0v) is 9.17. The van der Waals surface area contributed by atoms with Crippen molar-refractivity contribution >= 4 is 33.5 Å². The van der Waals surface area contributed by atoms with E-state index in [0.29, 0.717) is 5.39 Å². The van der Waals surface area contributed by atoms with Crippen LogP contribution in [0.25, 0.3) is 10.9 Å². The topological polar surface area (TPSA) is 12.9 Å². The van der Waals surface area contributed by atoms with Crippen molar-refractivity contribution in [1.82, 2.24) is 4.98 Å². The maximum atomic E-state index is 13.3. The third-order valence-corrected chi connectivity index (χ3v) is 2.76. The number of hydrogen-bond acceptors (Lipinski definition) is 1. The molecule has 1 aromatic heterocycles. The fourth-order valence-corrected chi connectivity index (χ4v) is 1.84. The molecule has 13 heavy (non-hydrogen) atoms. The summed E-state index contributed by atoms with van der Waals surface area (Å²) in [5.74, 6) is -0.206. The summed E-state index contributed by atoms with van der Waals surface area (Å²) in [4.78, 5) is 4.29. The normalized spacial score (nSPS) is 10.7. The molecular weight excluding hydrogens is 280 g/mol. The second-order valence-electron chi connectivity index (χ2n) is 2.88. The Hall–Kier alpha value is -0.710. The number of hydrogen-bond donors (Lipinski definition) is 0. The number of benzene rings is 1. The zero-order valence-electron chi connectivity index (χ0n) is 7.01. The molecule has 0 saturated heterocycles. The van der Waals surface area contributed by atoms with Crippen LogP contribution in [0.3, 0.4) is 0 Å². The van der Waals surface area contributed by atoms with E-state index < -0.39 is 0 Å². The number of aryl methyl sites for hydroxylation is 1. The molecule has 0 radical (unpaired) electrons. The van der Waals surface area contributed by atoms with Gasteiger partial charge in [-0.3, -0.25) is 4.98 Å². The minimum absolute atomic E-state index is 0.206. The van der Waals surface area contributed by atoms with E-state index in [4.69, 9.17) is 0 Å². The quantitative estimate of drug-likeness (QED) is 0.678. The van der Waals surface area contributed by atoms with Crippen molar-refractivity contribution < 1.29 is 4.39 Å².